The first-order valence-electron chi connectivity index (χ1n) is 10.5. The van der Waals surface area contributed by atoms with E-state index in [0.717, 1.165) is 0 Å². The highest BCUT2D eigenvalue weighted by Crippen LogP contribution is 2.46. The number of carbonyl (C=O) groups excluding carboxylic acids is 1. The Morgan fingerprint density at radius 3 is 2.46 bits per heavy atom. The van der Waals surface area contributed by atoms with Crippen LogP contribution in [0.1, 0.15) is 23.5 Å². The first kappa shape index (κ1) is 22.6. The van der Waals surface area contributed by atoms with E-state index in [1.165, 1.54) is 32.6 Å². The fourth-order valence-corrected chi connectivity index (χ4v) is 4.55. The maximum absolute atomic E-state index is 13.5. The number of hydrogen-bond acceptors (Lipinski definition) is 8. The fraction of sp³-hybridized carbons (Fsp3) is 0.154. The number of carbonyl (C=O) groups is 1. The van der Waals surface area contributed by atoms with Crippen LogP contribution in [-0.2, 0) is 4.79 Å². The molecule has 2 N–H and O–H groups in total. The van der Waals surface area contributed by atoms with Crippen LogP contribution in [0.15, 0.2) is 57.9 Å². The number of phenolic OH excluding ortho intramolecular Hbond substituents is 2. The average Bonchev–Trinajstić information content (AvgIpc) is 2.84. The van der Waals surface area contributed by atoms with Crippen molar-refractivity contribution in [3.05, 3.63) is 75.1 Å². The number of rotatable bonds is 4. The van der Waals surface area contributed by atoms with Crippen LogP contribution in [0.2, 0.25) is 5.02 Å². The van der Waals surface area contributed by atoms with Gasteiger partial charge >= 0.3 is 5.97 Å². The molecule has 35 heavy (non-hydrogen) atoms. The van der Waals surface area contributed by atoms with E-state index < -0.39 is 17.3 Å². The molecule has 0 bridgehead atoms. The Labute approximate surface area is 203 Å². The van der Waals surface area contributed by atoms with Gasteiger partial charge in [0.25, 0.3) is 0 Å². The third kappa shape index (κ3) is 3.72. The van der Waals surface area contributed by atoms with Gasteiger partial charge < -0.3 is 28.8 Å². The normalized spacial score (nSPS) is 14.9. The molecular formula is C26H19ClO8. The molecule has 0 amide bonds. The smallest absolute Gasteiger partial charge is 0.312 e. The Hall–Kier alpha value is -4.17. The zero-order valence-electron chi connectivity index (χ0n) is 18.6. The summed E-state index contributed by atoms with van der Waals surface area (Å²) in [6.45, 7) is 0. The lowest BCUT2D eigenvalue weighted by atomic mass is 9.85. The summed E-state index contributed by atoms with van der Waals surface area (Å²) >= 11 is 6.10. The number of ether oxygens (including phenoxy) is 3. The van der Waals surface area contributed by atoms with Gasteiger partial charge in [0.15, 0.2) is 11.5 Å². The predicted octanol–water partition coefficient (Wildman–Crippen LogP) is 4.98. The summed E-state index contributed by atoms with van der Waals surface area (Å²) in [6, 6.07) is 10.8. The summed E-state index contributed by atoms with van der Waals surface area (Å²) in [5.74, 6) is -0.576. The van der Waals surface area contributed by atoms with E-state index in [4.69, 9.17) is 30.2 Å². The summed E-state index contributed by atoms with van der Waals surface area (Å²) in [4.78, 5) is 25.9. The molecule has 0 unspecified atom stereocenters. The van der Waals surface area contributed by atoms with Gasteiger partial charge in [0.05, 0.1) is 31.2 Å². The molecular weight excluding hydrogens is 476 g/mol. The molecule has 1 aliphatic rings. The molecule has 178 valence electrons. The minimum atomic E-state index is -0.581. The van der Waals surface area contributed by atoms with Gasteiger partial charge in [-0.3, -0.25) is 9.59 Å². The highest BCUT2D eigenvalue weighted by molar-refractivity contribution is 6.32. The second-order valence-electron chi connectivity index (χ2n) is 8.00. The highest BCUT2D eigenvalue weighted by Gasteiger charge is 2.34. The second-order valence-corrected chi connectivity index (χ2v) is 8.41. The molecule has 0 aliphatic carbocycles. The first-order valence-corrected chi connectivity index (χ1v) is 10.9. The molecule has 1 aliphatic heterocycles. The maximum atomic E-state index is 13.5. The number of esters is 1. The summed E-state index contributed by atoms with van der Waals surface area (Å²) in [6.07, 6.45) is 1.25. The van der Waals surface area contributed by atoms with Crippen LogP contribution in [0.4, 0.5) is 0 Å². The van der Waals surface area contributed by atoms with Crippen LogP contribution in [0.5, 0.6) is 28.7 Å². The Balaban J connectivity index is 1.74. The van der Waals surface area contributed by atoms with Crippen molar-refractivity contribution in [2.24, 2.45) is 0 Å². The standard InChI is InChI=1S/C26H19ClO8/c1-32-19-6-4-13(8-20(19)33-2)15-11-34-26-23-14(12-3-5-17(28)16(27)7-12)9-22(30)35-21(23)10-18(29)24(26)25(15)31/h3-8,10-11,14,28-29H,9H2,1-2H3/t14-/m1/s1. The van der Waals surface area contributed by atoms with Gasteiger partial charge in [-0.15, -0.1) is 0 Å². The molecule has 3 aromatic carbocycles. The molecule has 8 nitrogen and oxygen atoms in total. The summed E-state index contributed by atoms with van der Waals surface area (Å²) in [5.41, 5.74) is 1.36. The number of aromatic hydroxyl groups is 2. The van der Waals surface area contributed by atoms with Crippen LogP contribution in [0.25, 0.3) is 22.1 Å². The molecule has 2 heterocycles. The van der Waals surface area contributed by atoms with Crippen LogP contribution in [0.3, 0.4) is 0 Å². The largest absolute Gasteiger partial charge is 0.507 e. The first-order chi connectivity index (χ1) is 16.8. The van der Waals surface area contributed by atoms with Crippen molar-refractivity contribution in [3.63, 3.8) is 0 Å². The third-order valence-corrected chi connectivity index (χ3v) is 6.34. The third-order valence-electron chi connectivity index (χ3n) is 6.04. The van der Waals surface area contributed by atoms with Crippen molar-refractivity contribution in [1.82, 2.24) is 0 Å². The zero-order valence-corrected chi connectivity index (χ0v) is 19.4. The molecule has 9 heteroatoms. The molecule has 1 aromatic heterocycles. The molecule has 0 saturated heterocycles. The van der Waals surface area contributed by atoms with Crippen LogP contribution >= 0.6 is 11.6 Å². The topological polar surface area (TPSA) is 115 Å². The zero-order chi connectivity index (χ0) is 24.9. The van der Waals surface area contributed by atoms with Crippen molar-refractivity contribution in [2.45, 2.75) is 12.3 Å². The van der Waals surface area contributed by atoms with E-state index in [9.17, 15) is 19.8 Å². The van der Waals surface area contributed by atoms with Crippen molar-refractivity contribution in [1.29, 1.82) is 0 Å². The van der Waals surface area contributed by atoms with Crippen molar-refractivity contribution in [3.8, 4) is 39.9 Å². The molecule has 0 saturated carbocycles. The quantitative estimate of drug-likeness (QED) is 0.301. The number of halogens is 1. The Kier molecular flexibility index (Phi) is 5.53. The number of benzene rings is 3. The van der Waals surface area contributed by atoms with E-state index in [1.54, 1.807) is 30.3 Å². The number of phenols is 2. The monoisotopic (exact) mass is 494 g/mol. The lowest BCUT2D eigenvalue weighted by Crippen LogP contribution is -2.22. The predicted molar refractivity (Wildman–Crippen MR) is 128 cm³/mol. The lowest BCUT2D eigenvalue weighted by Gasteiger charge is -2.26. The highest BCUT2D eigenvalue weighted by atomic mass is 35.5. The van der Waals surface area contributed by atoms with Gasteiger partial charge in [-0.25, -0.2) is 0 Å². The van der Waals surface area contributed by atoms with Crippen molar-refractivity contribution in [2.75, 3.05) is 14.2 Å². The van der Waals surface area contributed by atoms with Crippen molar-refractivity contribution >= 4 is 28.5 Å². The molecule has 0 spiro atoms. The van der Waals surface area contributed by atoms with E-state index >= 15 is 0 Å². The van der Waals surface area contributed by atoms with E-state index in [-0.39, 0.29) is 45.2 Å². The van der Waals surface area contributed by atoms with Gasteiger partial charge in [0, 0.05) is 17.5 Å². The summed E-state index contributed by atoms with van der Waals surface area (Å²) in [5, 5.41) is 20.6. The number of fused-ring (bicyclic) bond motifs is 3. The van der Waals surface area contributed by atoms with Gasteiger partial charge in [0.2, 0.25) is 5.43 Å². The molecule has 0 radical (unpaired) electrons. The SMILES string of the molecule is COc1ccc(-c2coc3c4c(cc(O)c3c2=O)OC(=O)C[C@@H]4c2ccc(O)c(Cl)c2)cc1OC. The lowest BCUT2D eigenvalue weighted by molar-refractivity contribution is -0.135. The molecule has 0 fully saturated rings. The van der Waals surface area contributed by atoms with Gasteiger partial charge in [-0.1, -0.05) is 23.7 Å². The van der Waals surface area contributed by atoms with Crippen LogP contribution in [0, 0.1) is 0 Å². The van der Waals surface area contributed by atoms with E-state index in [1.807, 2.05) is 0 Å². The Morgan fingerprint density at radius 1 is 0.971 bits per heavy atom. The van der Waals surface area contributed by atoms with Gasteiger partial charge in [0.1, 0.15) is 34.5 Å². The number of methoxy groups -OCH3 is 2. The van der Waals surface area contributed by atoms with Gasteiger partial charge in [-0.05, 0) is 35.4 Å². The molecule has 5 rings (SSSR count). The summed E-state index contributed by atoms with van der Waals surface area (Å²) < 4.78 is 21.9. The summed E-state index contributed by atoms with van der Waals surface area (Å²) in [7, 11) is 2.99. The van der Waals surface area contributed by atoms with Crippen molar-refractivity contribution < 1.29 is 33.6 Å². The minimum absolute atomic E-state index is 0.0465. The van der Waals surface area contributed by atoms with Crippen LogP contribution < -0.4 is 19.6 Å². The van der Waals surface area contributed by atoms with E-state index in [0.29, 0.717) is 28.2 Å². The fourth-order valence-electron chi connectivity index (χ4n) is 4.36. The average molecular weight is 495 g/mol. The second kappa shape index (κ2) is 8.56. The minimum Gasteiger partial charge on any atom is -0.507 e. The number of hydrogen-bond donors (Lipinski definition) is 2. The van der Waals surface area contributed by atoms with E-state index in [2.05, 4.69) is 0 Å². The van der Waals surface area contributed by atoms with Crippen LogP contribution in [-0.4, -0.2) is 30.4 Å². The van der Waals surface area contributed by atoms with Gasteiger partial charge in [-0.2, -0.15) is 0 Å². The Bertz CT molecular complexity index is 1560. The molecule has 1 atom stereocenters. The molecule has 4 aromatic rings. The Morgan fingerprint density at radius 2 is 1.74 bits per heavy atom. The maximum Gasteiger partial charge on any atom is 0.312 e.